The topological polar surface area (TPSA) is 52.2 Å². The Bertz CT molecular complexity index is 218. The summed E-state index contributed by atoms with van der Waals surface area (Å²) in [6.07, 6.45) is 1.76. The first-order chi connectivity index (χ1) is 5.47. The molecule has 3 N–H and O–H groups in total. The third-order valence-corrected chi connectivity index (χ3v) is 1.44. The van der Waals surface area contributed by atoms with Crippen LogP contribution in [0.15, 0.2) is 24.4 Å². The van der Waals surface area contributed by atoms with E-state index in [4.69, 9.17) is 0 Å². The van der Waals surface area contributed by atoms with Gasteiger partial charge in [0.05, 0.1) is 0 Å². The molecule has 0 spiro atoms. The van der Waals surface area contributed by atoms with Gasteiger partial charge in [-0.2, -0.15) is 11.1 Å². The van der Waals surface area contributed by atoms with Crippen molar-refractivity contribution in [1.29, 1.82) is 0 Å². The fraction of sp³-hybridized carbons (Fsp3) is 0.167. The number of hydrazine groups is 3. The highest BCUT2D eigenvalue weighted by Crippen LogP contribution is 2.04. The molecular formula is C6H9N5. The van der Waals surface area contributed by atoms with Crippen molar-refractivity contribution in [3.63, 3.8) is 0 Å². The lowest BCUT2D eigenvalue weighted by atomic mass is 10.5. The van der Waals surface area contributed by atoms with Crippen LogP contribution in [-0.2, 0) is 0 Å². The molecule has 11 heavy (non-hydrogen) atoms. The maximum Gasteiger partial charge on any atom is 0.145 e. The molecular weight excluding hydrogens is 142 g/mol. The van der Waals surface area contributed by atoms with E-state index in [1.807, 2.05) is 23.2 Å². The molecule has 0 bridgehead atoms. The zero-order chi connectivity index (χ0) is 7.52. The van der Waals surface area contributed by atoms with Crippen molar-refractivity contribution >= 4 is 5.82 Å². The molecule has 2 rings (SSSR count). The second-order valence-corrected chi connectivity index (χ2v) is 2.19. The summed E-state index contributed by atoms with van der Waals surface area (Å²) in [6.45, 7) is 0.705. The van der Waals surface area contributed by atoms with Crippen molar-refractivity contribution < 1.29 is 0 Å². The largest absolute Gasteiger partial charge is 0.262 e. The fourth-order valence-electron chi connectivity index (χ4n) is 0.917. The summed E-state index contributed by atoms with van der Waals surface area (Å²) in [7, 11) is 0. The molecule has 1 aliphatic rings. The Balaban J connectivity index is 2.16. The lowest BCUT2D eigenvalue weighted by Crippen LogP contribution is -2.37. The third kappa shape index (κ3) is 1.30. The Morgan fingerprint density at radius 2 is 2.45 bits per heavy atom. The normalized spacial score (nSPS) is 17.3. The van der Waals surface area contributed by atoms with Crippen molar-refractivity contribution in [3.05, 3.63) is 24.4 Å². The second kappa shape index (κ2) is 2.83. The molecule has 1 saturated heterocycles. The minimum Gasteiger partial charge on any atom is -0.262 e. The third-order valence-electron chi connectivity index (χ3n) is 1.44. The molecule has 58 valence electrons. The summed E-state index contributed by atoms with van der Waals surface area (Å²) in [5.41, 5.74) is 8.53. The quantitative estimate of drug-likeness (QED) is 0.499. The number of pyridine rings is 1. The average molecular weight is 151 g/mol. The summed E-state index contributed by atoms with van der Waals surface area (Å²) in [5.74, 6) is 0.894. The summed E-state index contributed by atoms with van der Waals surface area (Å²) < 4.78 is 0. The number of nitrogens with one attached hydrogen (secondary N) is 3. The Morgan fingerprint density at radius 3 is 3.09 bits per heavy atom. The predicted molar refractivity (Wildman–Crippen MR) is 41.0 cm³/mol. The van der Waals surface area contributed by atoms with Crippen LogP contribution < -0.4 is 21.5 Å². The average Bonchev–Trinajstić information content (AvgIpc) is 2.58. The fourth-order valence-corrected chi connectivity index (χ4v) is 0.917. The van der Waals surface area contributed by atoms with Crippen LogP contribution >= 0.6 is 0 Å². The van der Waals surface area contributed by atoms with E-state index in [2.05, 4.69) is 21.5 Å². The van der Waals surface area contributed by atoms with E-state index >= 15 is 0 Å². The van der Waals surface area contributed by atoms with E-state index in [9.17, 15) is 0 Å². The SMILES string of the molecule is c1ccc(N2CNNN2)nc1. The molecule has 0 aliphatic carbocycles. The molecule has 0 aromatic carbocycles. The summed E-state index contributed by atoms with van der Waals surface area (Å²) >= 11 is 0. The summed E-state index contributed by atoms with van der Waals surface area (Å²) in [6, 6.07) is 5.77. The molecule has 5 heteroatoms. The number of hydrogen-bond donors (Lipinski definition) is 3. The van der Waals surface area contributed by atoms with Gasteiger partial charge in [-0.1, -0.05) is 6.07 Å². The number of aromatic nitrogens is 1. The van der Waals surface area contributed by atoms with Crippen molar-refractivity contribution in [1.82, 2.24) is 21.5 Å². The van der Waals surface area contributed by atoms with Gasteiger partial charge in [-0.3, -0.25) is 5.01 Å². The highest BCUT2D eigenvalue weighted by Gasteiger charge is 2.09. The van der Waals surface area contributed by atoms with E-state index in [1.165, 1.54) is 0 Å². The van der Waals surface area contributed by atoms with Crippen molar-refractivity contribution in [3.8, 4) is 0 Å². The maximum absolute atomic E-state index is 4.14. The summed E-state index contributed by atoms with van der Waals surface area (Å²) in [4.78, 5) is 4.14. The number of rotatable bonds is 1. The van der Waals surface area contributed by atoms with E-state index in [0.717, 1.165) is 5.82 Å². The van der Waals surface area contributed by atoms with Crippen LogP contribution in [0.25, 0.3) is 0 Å². The molecule has 5 nitrogen and oxygen atoms in total. The second-order valence-electron chi connectivity index (χ2n) is 2.19. The zero-order valence-electron chi connectivity index (χ0n) is 5.91. The van der Waals surface area contributed by atoms with Crippen LogP contribution in [0.3, 0.4) is 0 Å². The first-order valence-corrected chi connectivity index (χ1v) is 3.39. The molecule has 0 amide bonds. The molecule has 0 unspecified atom stereocenters. The van der Waals surface area contributed by atoms with E-state index in [-0.39, 0.29) is 0 Å². The maximum atomic E-state index is 4.14. The van der Waals surface area contributed by atoms with Gasteiger partial charge >= 0.3 is 0 Å². The highest BCUT2D eigenvalue weighted by molar-refractivity contribution is 5.35. The van der Waals surface area contributed by atoms with Crippen molar-refractivity contribution in [2.45, 2.75) is 0 Å². The van der Waals surface area contributed by atoms with Gasteiger partial charge in [-0.15, -0.1) is 0 Å². The molecule has 1 aromatic heterocycles. The van der Waals surface area contributed by atoms with Crippen LogP contribution in [0, 0.1) is 0 Å². The van der Waals surface area contributed by atoms with Crippen molar-refractivity contribution in [2.75, 3.05) is 11.7 Å². The highest BCUT2D eigenvalue weighted by atomic mass is 15.9. The van der Waals surface area contributed by atoms with Gasteiger partial charge in [-0.25, -0.2) is 10.4 Å². The van der Waals surface area contributed by atoms with Gasteiger partial charge < -0.3 is 0 Å². The lowest BCUT2D eigenvalue weighted by molar-refractivity contribution is 0.581. The van der Waals surface area contributed by atoms with E-state index < -0.39 is 0 Å². The Morgan fingerprint density at radius 1 is 1.45 bits per heavy atom. The molecule has 1 aliphatic heterocycles. The Labute approximate surface area is 64.3 Å². The first kappa shape index (κ1) is 6.53. The molecule has 0 radical (unpaired) electrons. The van der Waals surface area contributed by atoms with E-state index in [0.29, 0.717) is 6.67 Å². The molecule has 2 heterocycles. The Kier molecular flexibility index (Phi) is 1.68. The smallest absolute Gasteiger partial charge is 0.145 e. The van der Waals surface area contributed by atoms with Crippen LogP contribution in [0.2, 0.25) is 0 Å². The monoisotopic (exact) mass is 151 g/mol. The van der Waals surface area contributed by atoms with Crippen LogP contribution in [0.1, 0.15) is 0 Å². The standard InChI is InChI=1S/C6H9N5/c1-2-4-7-6(3-1)11-5-8-9-10-11/h1-4,8-10H,5H2. The molecule has 1 aromatic rings. The van der Waals surface area contributed by atoms with Crippen LogP contribution in [-0.4, -0.2) is 11.7 Å². The molecule has 0 saturated carbocycles. The number of anilines is 1. The van der Waals surface area contributed by atoms with Crippen LogP contribution in [0.4, 0.5) is 5.82 Å². The minimum absolute atomic E-state index is 0.705. The van der Waals surface area contributed by atoms with Gasteiger partial charge in [-0.05, 0) is 12.1 Å². The zero-order valence-corrected chi connectivity index (χ0v) is 5.91. The molecule has 1 fully saturated rings. The van der Waals surface area contributed by atoms with Crippen molar-refractivity contribution in [2.24, 2.45) is 0 Å². The Hall–Kier alpha value is -1.17. The van der Waals surface area contributed by atoms with E-state index in [1.54, 1.807) is 6.20 Å². The first-order valence-electron chi connectivity index (χ1n) is 3.39. The lowest BCUT2D eigenvalue weighted by Gasteiger charge is -2.12. The predicted octanol–water partition coefficient (Wildman–Crippen LogP) is -0.627. The van der Waals surface area contributed by atoms with Crippen LogP contribution in [0.5, 0.6) is 0 Å². The van der Waals surface area contributed by atoms with Gasteiger partial charge in [0.15, 0.2) is 0 Å². The number of hydrogen-bond acceptors (Lipinski definition) is 5. The minimum atomic E-state index is 0.705. The van der Waals surface area contributed by atoms with Gasteiger partial charge in [0, 0.05) is 6.20 Å². The number of nitrogens with zero attached hydrogens (tertiary/aromatic N) is 2. The van der Waals surface area contributed by atoms with Gasteiger partial charge in [0.1, 0.15) is 12.5 Å². The van der Waals surface area contributed by atoms with Gasteiger partial charge in [0.25, 0.3) is 0 Å². The van der Waals surface area contributed by atoms with Gasteiger partial charge in [0.2, 0.25) is 0 Å². The molecule has 0 atom stereocenters. The summed E-state index contributed by atoms with van der Waals surface area (Å²) in [5, 5.41) is 1.86.